The highest BCUT2D eigenvalue weighted by Crippen LogP contribution is 2.23. The van der Waals surface area contributed by atoms with Crippen LogP contribution in [0.5, 0.6) is 0 Å². The van der Waals surface area contributed by atoms with Gasteiger partial charge in [0.05, 0.1) is 12.7 Å². The number of hydrogen-bond acceptors (Lipinski definition) is 3. The van der Waals surface area contributed by atoms with Crippen LogP contribution in [0.25, 0.3) is 0 Å². The fourth-order valence-electron chi connectivity index (χ4n) is 3.35. The molecule has 1 fully saturated rings. The van der Waals surface area contributed by atoms with Gasteiger partial charge in [-0.25, -0.2) is 0 Å². The van der Waals surface area contributed by atoms with E-state index in [2.05, 4.69) is 6.92 Å². The van der Waals surface area contributed by atoms with E-state index >= 15 is 0 Å². The normalized spacial score (nSPS) is 21.4. The van der Waals surface area contributed by atoms with Crippen molar-refractivity contribution in [3.05, 3.63) is 0 Å². The van der Waals surface area contributed by atoms with Crippen LogP contribution in [0.1, 0.15) is 90.4 Å². The molecule has 0 aromatic rings. The van der Waals surface area contributed by atoms with Gasteiger partial charge in [0.25, 0.3) is 0 Å². The molecule has 22 heavy (non-hydrogen) atoms. The first kappa shape index (κ1) is 19.6. The molecule has 0 unspecified atom stereocenters. The lowest BCUT2D eigenvalue weighted by molar-refractivity contribution is -0.125. The van der Waals surface area contributed by atoms with E-state index in [1.165, 1.54) is 64.2 Å². The van der Waals surface area contributed by atoms with E-state index in [1.54, 1.807) is 0 Å². The monoisotopic (exact) mass is 312 g/mol. The van der Waals surface area contributed by atoms with Crippen LogP contribution in [-0.2, 0) is 9.53 Å². The molecule has 1 saturated heterocycles. The van der Waals surface area contributed by atoms with Gasteiger partial charge in [0.2, 0.25) is 0 Å². The summed E-state index contributed by atoms with van der Waals surface area (Å²) in [6, 6.07) is 0. The van der Waals surface area contributed by atoms with Crippen LogP contribution >= 0.6 is 0 Å². The molecule has 1 N–H and O–H groups in total. The predicted molar refractivity (Wildman–Crippen MR) is 91.0 cm³/mol. The summed E-state index contributed by atoms with van der Waals surface area (Å²) in [6.07, 6.45) is 15.6. The molecule has 0 bridgehead atoms. The first-order valence-corrected chi connectivity index (χ1v) is 9.54. The molecule has 1 rings (SSSR count). The van der Waals surface area contributed by atoms with Gasteiger partial charge in [-0.1, -0.05) is 71.1 Å². The van der Waals surface area contributed by atoms with Gasteiger partial charge in [-0.15, -0.1) is 0 Å². The molecule has 0 saturated carbocycles. The summed E-state index contributed by atoms with van der Waals surface area (Å²) in [5.74, 6) is 0.251. The molecule has 1 aliphatic heterocycles. The zero-order valence-electron chi connectivity index (χ0n) is 14.5. The highest BCUT2D eigenvalue weighted by molar-refractivity contribution is 5.81. The lowest BCUT2D eigenvalue weighted by Gasteiger charge is -2.14. The zero-order valence-corrected chi connectivity index (χ0v) is 14.5. The number of carbonyl (C=O) groups excluding carboxylic acids is 1. The Morgan fingerprint density at radius 1 is 0.955 bits per heavy atom. The van der Waals surface area contributed by atoms with Crippen LogP contribution in [0.3, 0.4) is 0 Å². The van der Waals surface area contributed by atoms with Crippen LogP contribution < -0.4 is 0 Å². The Kier molecular flexibility index (Phi) is 11.7. The molecule has 0 amide bonds. The van der Waals surface area contributed by atoms with Crippen LogP contribution in [0.4, 0.5) is 0 Å². The molecule has 1 heterocycles. The number of aliphatic hydroxyl groups excluding tert-OH is 1. The van der Waals surface area contributed by atoms with Crippen molar-refractivity contribution >= 4 is 5.78 Å². The molecule has 0 aromatic carbocycles. The summed E-state index contributed by atoms with van der Waals surface area (Å²) in [5.41, 5.74) is 0. The van der Waals surface area contributed by atoms with Gasteiger partial charge >= 0.3 is 0 Å². The maximum absolute atomic E-state index is 12.1. The summed E-state index contributed by atoms with van der Waals surface area (Å²) < 4.78 is 5.37. The second kappa shape index (κ2) is 13.1. The minimum atomic E-state index is -0.236. The Bertz CT molecular complexity index is 278. The van der Waals surface area contributed by atoms with Gasteiger partial charge in [0.15, 0.2) is 0 Å². The maximum Gasteiger partial charge on any atom is 0.138 e. The van der Waals surface area contributed by atoms with E-state index in [0.717, 1.165) is 12.8 Å². The standard InChI is InChI=1S/C19H36O3/c1-2-3-4-5-6-7-8-9-10-11-12-13-18(21)17-14-15-22-19(17)16-20/h17,19-20H,2-16H2,1H3/t17-,19+/m0/s1. The average molecular weight is 312 g/mol. The van der Waals surface area contributed by atoms with Crippen molar-refractivity contribution in [3.63, 3.8) is 0 Å². The summed E-state index contributed by atoms with van der Waals surface area (Å²) in [6.45, 7) is 2.86. The number of Topliss-reactive ketones (excluding diaryl/α,β-unsaturated/α-hetero) is 1. The Labute approximate surface area is 136 Å². The lowest BCUT2D eigenvalue weighted by atomic mass is 9.93. The Morgan fingerprint density at radius 2 is 1.50 bits per heavy atom. The first-order chi connectivity index (χ1) is 10.8. The van der Waals surface area contributed by atoms with Crippen LogP contribution in [0.15, 0.2) is 0 Å². The second-order valence-electron chi connectivity index (χ2n) is 6.74. The van der Waals surface area contributed by atoms with Crippen molar-refractivity contribution in [2.24, 2.45) is 5.92 Å². The molecule has 0 radical (unpaired) electrons. The number of carbonyl (C=O) groups is 1. The van der Waals surface area contributed by atoms with Crippen LogP contribution in [0, 0.1) is 5.92 Å². The third-order valence-electron chi connectivity index (χ3n) is 4.83. The highest BCUT2D eigenvalue weighted by Gasteiger charge is 2.32. The van der Waals surface area contributed by atoms with E-state index in [1.807, 2.05) is 0 Å². The third-order valence-corrected chi connectivity index (χ3v) is 4.83. The second-order valence-corrected chi connectivity index (χ2v) is 6.74. The number of aliphatic hydroxyl groups is 1. The molecular formula is C19H36O3. The quantitative estimate of drug-likeness (QED) is 0.475. The minimum Gasteiger partial charge on any atom is -0.394 e. The molecule has 0 aliphatic carbocycles. The van der Waals surface area contributed by atoms with E-state index < -0.39 is 0 Å². The lowest BCUT2D eigenvalue weighted by Crippen LogP contribution is -2.27. The average Bonchev–Trinajstić information content (AvgIpc) is 3.01. The topological polar surface area (TPSA) is 46.5 Å². The van der Waals surface area contributed by atoms with Crippen LogP contribution in [-0.4, -0.2) is 30.2 Å². The van der Waals surface area contributed by atoms with Crippen molar-refractivity contribution in [3.8, 4) is 0 Å². The predicted octanol–water partition coefficient (Wildman–Crippen LogP) is 4.65. The molecular weight excluding hydrogens is 276 g/mol. The van der Waals surface area contributed by atoms with Crippen molar-refractivity contribution in [1.82, 2.24) is 0 Å². The Morgan fingerprint density at radius 3 is 2.05 bits per heavy atom. The number of ether oxygens (including phenoxy) is 1. The van der Waals surface area contributed by atoms with Crippen molar-refractivity contribution in [2.45, 2.75) is 96.5 Å². The molecule has 2 atom stereocenters. The molecule has 1 aliphatic rings. The van der Waals surface area contributed by atoms with E-state index in [9.17, 15) is 4.79 Å². The number of unbranched alkanes of at least 4 members (excludes halogenated alkanes) is 10. The molecule has 3 nitrogen and oxygen atoms in total. The van der Waals surface area contributed by atoms with Crippen molar-refractivity contribution < 1.29 is 14.6 Å². The van der Waals surface area contributed by atoms with E-state index in [4.69, 9.17) is 9.84 Å². The molecule has 0 aromatic heterocycles. The zero-order chi connectivity index (χ0) is 16.0. The summed E-state index contributed by atoms with van der Waals surface area (Å²) >= 11 is 0. The Hall–Kier alpha value is -0.410. The van der Waals surface area contributed by atoms with Crippen molar-refractivity contribution in [1.29, 1.82) is 0 Å². The van der Waals surface area contributed by atoms with Gasteiger partial charge in [0, 0.05) is 18.9 Å². The van der Waals surface area contributed by atoms with Crippen molar-refractivity contribution in [2.75, 3.05) is 13.2 Å². The van der Waals surface area contributed by atoms with E-state index in [-0.39, 0.29) is 18.6 Å². The maximum atomic E-state index is 12.1. The van der Waals surface area contributed by atoms with Gasteiger partial charge in [-0.3, -0.25) is 4.79 Å². The summed E-state index contributed by atoms with van der Waals surface area (Å²) in [7, 11) is 0. The van der Waals surface area contributed by atoms with Gasteiger partial charge in [-0.05, 0) is 12.8 Å². The largest absolute Gasteiger partial charge is 0.394 e. The molecule has 0 spiro atoms. The van der Waals surface area contributed by atoms with Gasteiger partial charge in [-0.2, -0.15) is 0 Å². The summed E-state index contributed by atoms with van der Waals surface area (Å²) in [4.78, 5) is 12.1. The van der Waals surface area contributed by atoms with E-state index in [0.29, 0.717) is 18.8 Å². The number of hydrogen-bond donors (Lipinski definition) is 1. The van der Waals surface area contributed by atoms with Gasteiger partial charge < -0.3 is 9.84 Å². The smallest absolute Gasteiger partial charge is 0.138 e. The first-order valence-electron chi connectivity index (χ1n) is 9.54. The minimum absolute atomic E-state index is 0.0192. The third kappa shape index (κ3) is 8.28. The fraction of sp³-hybridized carbons (Fsp3) is 0.947. The molecule has 130 valence electrons. The van der Waals surface area contributed by atoms with Gasteiger partial charge in [0.1, 0.15) is 5.78 Å². The fourth-order valence-corrected chi connectivity index (χ4v) is 3.35. The highest BCUT2D eigenvalue weighted by atomic mass is 16.5. The Balaban J connectivity index is 1.88. The SMILES string of the molecule is CCCCCCCCCCCCCC(=O)[C@@H]1CCO[C@@H]1CO. The number of ketones is 1. The molecule has 3 heteroatoms. The number of rotatable bonds is 14. The summed E-state index contributed by atoms with van der Waals surface area (Å²) in [5, 5.41) is 9.17. The van der Waals surface area contributed by atoms with Crippen LogP contribution in [0.2, 0.25) is 0 Å².